The fourth-order valence-electron chi connectivity index (χ4n) is 1.41. The minimum atomic E-state index is 0.407. The van der Waals surface area contributed by atoms with E-state index in [9.17, 15) is 0 Å². The molecule has 0 saturated heterocycles. The molecule has 0 unspecified atom stereocenters. The molecule has 0 aliphatic heterocycles. The van der Waals surface area contributed by atoms with E-state index in [-0.39, 0.29) is 0 Å². The van der Waals surface area contributed by atoms with Gasteiger partial charge in [-0.15, -0.1) is 0 Å². The second-order valence-electron chi connectivity index (χ2n) is 3.76. The summed E-state index contributed by atoms with van der Waals surface area (Å²) in [7, 11) is 1.86. The lowest BCUT2D eigenvalue weighted by atomic mass is 10.2. The third-order valence-corrected chi connectivity index (χ3v) is 3.77. The molecular formula is C12H12BrClN2O. The maximum atomic E-state index is 5.90. The minimum Gasteiger partial charge on any atom is -0.486 e. The van der Waals surface area contributed by atoms with Gasteiger partial charge in [-0.25, -0.2) is 4.98 Å². The Hall–Kier alpha value is -1.00. The number of rotatable bonds is 3. The number of imidazole rings is 1. The number of ether oxygens (including phenoxy) is 1. The van der Waals surface area contributed by atoms with Crippen molar-refractivity contribution >= 4 is 27.5 Å². The lowest BCUT2D eigenvalue weighted by molar-refractivity contribution is 0.291. The van der Waals surface area contributed by atoms with Crippen LogP contribution in [-0.4, -0.2) is 9.55 Å². The van der Waals surface area contributed by atoms with E-state index in [1.165, 1.54) is 0 Å². The van der Waals surface area contributed by atoms with Crippen LogP contribution in [0.25, 0.3) is 0 Å². The lowest BCUT2D eigenvalue weighted by Crippen LogP contribution is -2.03. The van der Waals surface area contributed by atoms with Crippen molar-refractivity contribution in [3.05, 3.63) is 45.4 Å². The quantitative estimate of drug-likeness (QED) is 0.863. The first-order chi connectivity index (χ1) is 8.08. The van der Waals surface area contributed by atoms with E-state index in [1.807, 2.05) is 32.2 Å². The van der Waals surface area contributed by atoms with Crippen LogP contribution in [0.2, 0.25) is 5.15 Å². The van der Waals surface area contributed by atoms with Crippen LogP contribution in [0.15, 0.2) is 28.9 Å². The monoisotopic (exact) mass is 314 g/mol. The van der Waals surface area contributed by atoms with Crippen LogP contribution in [0.4, 0.5) is 0 Å². The Morgan fingerprint density at radius 1 is 1.47 bits per heavy atom. The Morgan fingerprint density at radius 3 is 2.82 bits per heavy atom. The van der Waals surface area contributed by atoms with Crippen molar-refractivity contribution in [1.82, 2.24) is 9.55 Å². The SMILES string of the molecule is Cc1cc(OCc2ncc(Cl)n2C)ccc1Br. The van der Waals surface area contributed by atoms with E-state index in [0.29, 0.717) is 11.8 Å². The van der Waals surface area contributed by atoms with Crippen LogP contribution in [0, 0.1) is 6.92 Å². The average molecular weight is 316 g/mol. The molecule has 0 amide bonds. The predicted octanol–water partition coefficient (Wildman–Crippen LogP) is 3.72. The molecule has 0 aliphatic carbocycles. The van der Waals surface area contributed by atoms with Crippen molar-refractivity contribution in [1.29, 1.82) is 0 Å². The zero-order chi connectivity index (χ0) is 12.4. The molecule has 1 aromatic carbocycles. The highest BCUT2D eigenvalue weighted by atomic mass is 79.9. The standard InChI is InChI=1S/C12H12BrClN2O/c1-8-5-9(3-4-10(8)13)17-7-12-15-6-11(14)16(12)2/h3-6H,7H2,1-2H3. The number of benzene rings is 1. The van der Waals surface area contributed by atoms with Gasteiger partial charge in [0.15, 0.2) is 0 Å². The Morgan fingerprint density at radius 2 is 2.24 bits per heavy atom. The first kappa shape index (κ1) is 12.5. The highest BCUT2D eigenvalue weighted by Crippen LogP contribution is 2.22. The molecule has 5 heteroatoms. The number of hydrogen-bond donors (Lipinski definition) is 0. The zero-order valence-corrected chi connectivity index (χ0v) is 11.9. The molecule has 0 radical (unpaired) electrons. The maximum Gasteiger partial charge on any atom is 0.147 e. The largest absolute Gasteiger partial charge is 0.486 e. The predicted molar refractivity (Wildman–Crippen MR) is 71.4 cm³/mol. The normalized spacial score (nSPS) is 10.6. The van der Waals surface area contributed by atoms with Crippen LogP contribution in [0.3, 0.4) is 0 Å². The number of hydrogen-bond acceptors (Lipinski definition) is 2. The van der Waals surface area contributed by atoms with Crippen LogP contribution in [-0.2, 0) is 13.7 Å². The van der Waals surface area contributed by atoms with Gasteiger partial charge in [-0.2, -0.15) is 0 Å². The van der Waals surface area contributed by atoms with Gasteiger partial charge < -0.3 is 9.30 Å². The number of nitrogens with zero attached hydrogens (tertiary/aromatic N) is 2. The average Bonchev–Trinajstić information content (AvgIpc) is 2.62. The Balaban J connectivity index is 2.07. The van der Waals surface area contributed by atoms with E-state index in [1.54, 1.807) is 10.8 Å². The third-order valence-electron chi connectivity index (χ3n) is 2.53. The Bertz CT molecular complexity index is 539. The summed E-state index contributed by atoms with van der Waals surface area (Å²) in [5.74, 6) is 1.63. The van der Waals surface area contributed by atoms with Crippen molar-refractivity contribution in [3.63, 3.8) is 0 Å². The Labute approximate surface area is 114 Å². The summed E-state index contributed by atoms with van der Waals surface area (Å²) in [6.45, 7) is 2.43. The van der Waals surface area contributed by atoms with Crippen molar-refractivity contribution in [2.45, 2.75) is 13.5 Å². The second kappa shape index (κ2) is 5.10. The van der Waals surface area contributed by atoms with E-state index >= 15 is 0 Å². The topological polar surface area (TPSA) is 27.1 Å². The van der Waals surface area contributed by atoms with Gasteiger partial charge in [0.05, 0.1) is 6.20 Å². The summed E-state index contributed by atoms with van der Waals surface area (Å²) in [6, 6.07) is 5.87. The molecule has 0 aliphatic rings. The summed E-state index contributed by atoms with van der Waals surface area (Å²) < 4.78 is 8.53. The molecule has 1 aromatic heterocycles. The molecule has 0 N–H and O–H groups in total. The fraction of sp³-hybridized carbons (Fsp3) is 0.250. The van der Waals surface area contributed by atoms with Crippen LogP contribution in [0.5, 0.6) is 5.75 Å². The van der Waals surface area contributed by atoms with Gasteiger partial charge in [-0.1, -0.05) is 27.5 Å². The molecule has 0 saturated carbocycles. The molecule has 0 bridgehead atoms. The number of halogens is 2. The number of aryl methyl sites for hydroxylation is 1. The molecule has 3 nitrogen and oxygen atoms in total. The molecule has 0 atom stereocenters. The van der Waals surface area contributed by atoms with Crippen molar-refractivity contribution in [3.8, 4) is 5.75 Å². The minimum absolute atomic E-state index is 0.407. The maximum absolute atomic E-state index is 5.90. The molecule has 90 valence electrons. The molecule has 1 heterocycles. The molecule has 2 rings (SSSR count). The van der Waals surface area contributed by atoms with Crippen LogP contribution >= 0.6 is 27.5 Å². The van der Waals surface area contributed by atoms with Crippen LogP contribution in [0.1, 0.15) is 11.4 Å². The van der Waals surface area contributed by atoms with E-state index in [0.717, 1.165) is 21.6 Å². The fourth-order valence-corrected chi connectivity index (χ4v) is 1.81. The zero-order valence-electron chi connectivity index (χ0n) is 9.58. The second-order valence-corrected chi connectivity index (χ2v) is 5.00. The molecule has 17 heavy (non-hydrogen) atoms. The van der Waals surface area contributed by atoms with E-state index in [4.69, 9.17) is 16.3 Å². The van der Waals surface area contributed by atoms with Gasteiger partial charge in [0.2, 0.25) is 0 Å². The van der Waals surface area contributed by atoms with Crippen molar-refractivity contribution < 1.29 is 4.74 Å². The first-order valence-corrected chi connectivity index (χ1v) is 6.30. The van der Waals surface area contributed by atoms with Gasteiger partial charge in [-0.05, 0) is 30.7 Å². The summed E-state index contributed by atoms with van der Waals surface area (Å²) in [4.78, 5) is 4.17. The summed E-state index contributed by atoms with van der Waals surface area (Å²) >= 11 is 9.35. The van der Waals surface area contributed by atoms with E-state index < -0.39 is 0 Å². The van der Waals surface area contributed by atoms with Crippen molar-refractivity contribution in [2.75, 3.05) is 0 Å². The smallest absolute Gasteiger partial charge is 0.147 e. The molecule has 0 fully saturated rings. The third kappa shape index (κ3) is 2.82. The molecular weight excluding hydrogens is 304 g/mol. The highest BCUT2D eigenvalue weighted by Gasteiger charge is 2.05. The first-order valence-electron chi connectivity index (χ1n) is 5.13. The number of aromatic nitrogens is 2. The lowest BCUT2D eigenvalue weighted by Gasteiger charge is -2.08. The molecule has 2 aromatic rings. The highest BCUT2D eigenvalue weighted by molar-refractivity contribution is 9.10. The van der Waals surface area contributed by atoms with Gasteiger partial charge in [0.25, 0.3) is 0 Å². The summed E-state index contributed by atoms with van der Waals surface area (Å²) in [5.41, 5.74) is 1.14. The summed E-state index contributed by atoms with van der Waals surface area (Å²) in [6.07, 6.45) is 1.62. The molecule has 0 spiro atoms. The Kier molecular flexibility index (Phi) is 3.74. The van der Waals surface area contributed by atoms with Gasteiger partial charge in [-0.3, -0.25) is 0 Å². The van der Waals surface area contributed by atoms with Gasteiger partial charge >= 0.3 is 0 Å². The van der Waals surface area contributed by atoms with Gasteiger partial charge in [0.1, 0.15) is 23.3 Å². The van der Waals surface area contributed by atoms with E-state index in [2.05, 4.69) is 20.9 Å². The van der Waals surface area contributed by atoms with Crippen molar-refractivity contribution in [2.24, 2.45) is 7.05 Å². The van der Waals surface area contributed by atoms with Crippen LogP contribution < -0.4 is 4.74 Å². The summed E-state index contributed by atoms with van der Waals surface area (Å²) in [5, 5.41) is 0.607. The van der Waals surface area contributed by atoms with Gasteiger partial charge in [0, 0.05) is 11.5 Å².